The van der Waals surface area contributed by atoms with Gasteiger partial charge in [-0.25, -0.2) is 0 Å². The molecule has 0 aliphatic carbocycles. The number of hydrogen-bond donors (Lipinski definition) is 3. The fourth-order valence-electron chi connectivity index (χ4n) is 3.21. The number of ether oxygens (including phenoxy) is 1. The highest BCUT2D eigenvalue weighted by molar-refractivity contribution is 5.87. The summed E-state index contributed by atoms with van der Waals surface area (Å²) in [4.78, 5) is 13.9. The SMILES string of the molecule is CCC1CN(C(=O)CCNC[C@H](O)COc2cccc3n[nH]c(C)c23)C1. The van der Waals surface area contributed by atoms with Crippen molar-refractivity contribution in [2.45, 2.75) is 32.8 Å². The third-order valence-corrected chi connectivity index (χ3v) is 4.94. The minimum absolute atomic E-state index is 0.189. The molecule has 0 bridgehead atoms. The number of aliphatic hydroxyl groups excluding tert-OH is 1. The Labute approximate surface area is 153 Å². The molecule has 3 N–H and O–H groups in total. The average Bonchev–Trinajstić information content (AvgIpc) is 2.98. The van der Waals surface area contributed by atoms with Crippen LogP contribution in [0, 0.1) is 12.8 Å². The highest BCUT2D eigenvalue weighted by Gasteiger charge is 2.28. The van der Waals surface area contributed by atoms with Gasteiger partial charge in [0.2, 0.25) is 5.91 Å². The number of carbonyl (C=O) groups is 1. The maximum Gasteiger partial charge on any atom is 0.223 e. The molecule has 142 valence electrons. The van der Waals surface area contributed by atoms with Crippen LogP contribution in [0.4, 0.5) is 0 Å². The molecule has 26 heavy (non-hydrogen) atoms. The molecule has 7 heteroatoms. The van der Waals surface area contributed by atoms with Gasteiger partial charge >= 0.3 is 0 Å². The summed E-state index contributed by atoms with van der Waals surface area (Å²) in [5.74, 6) is 1.58. The molecule has 0 saturated carbocycles. The highest BCUT2D eigenvalue weighted by atomic mass is 16.5. The smallest absolute Gasteiger partial charge is 0.223 e. The minimum atomic E-state index is -0.638. The van der Waals surface area contributed by atoms with Crippen LogP contribution in [0.5, 0.6) is 5.75 Å². The Balaban J connectivity index is 1.35. The van der Waals surface area contributed by atoms with E-state index in [9.17, 15) is 9.90 Å². The van der Waals surface area contributed by atoms with E-state index in [4.69, 9.17) is 4.74 Å². The molecule has 0 spiro atoms. The van der Waals surface area contributed by atoms with E-state index < -0.39 is 6.10 Å². The number of benzene rings is 1. The Morgan fingerprint density at radius 3 is 3.08 bits per heavy atom. The number of fused-ring (bicyclic) bond motifs is 1. The van der Waals surface area contributed by atoms with Crippen LogP contribution in [0.3, 0.4) is 0 Å². The zero-order valence-electron chi connectivity index (χ0n) is 15.5. The number of likely N-dealkylation sites (tertiary alicyclic amines) is 1. The number of nitrogens with zero attached hydrogens (tertiary/aromatic N) is 2. The van der Waals surface area contributed by atoms with Crippen LogP contribution in [0.15, 0.2) is 18.2 Å². The summed E-state index contributed by atoms with van der Waals surface area (Å²) in [6, 6.07) is 5.68. The van der Waals surface area contributed by atoms with Crippen molar-refractivity contribution in [3.63, 3.8) is 0 Å². The normalized spacial score (nSPS) is 15.9. The molecular formula is C19H28N4O3. The van der Waals surface area contributed by atoms with Crippen LogP contribution in [0.2, 0.25) is 0 Å². The molecule has 1 saturated heterocycles. The minimum Gasteiger partial charge on any atom is -0.490 e. The summed E-state index contributed by atoms with van der Waals surface area (Å²) >= 11 is 0. The fourth-order valence-corrected chi connectivity index (χ4v) is 3.21. The van der Waals surface area contributed by atoms with E-state index in [0.717, 1.165) is 36.1 Å². The lowest BCUT2D eigenvalue weighted by atomic mass is 9.97. The Hall–Kier alpha value is -2.12. The quantitative estimate of drug-likeness (QED) is 0.589. The zero-order valence-corrected chi connectivity index (χ0v) is 15.5. The second kappa shape index (κ2) is 8.51. The van der Waals surface area contributed by atoms with Crippen LogP contribution in [-0.4, -0.2) is 65.0 Å². The molecule has 1 aliphatic heterocycles. The number of nitrogens with one attached hydrogen (secondary N) is 2. The lowest BCUT2D eigenvalue weighted by molar-refractivity contribution is -0.137. The average molecular weight is 360 g/mol. The summed E-state index contributed by atoms with van der Waals surface area (Å²) in [7, 11) is 0. The third-order valence-electron chi connectivity index (χ3n) is 4.94. The predicted octanol–water partition coefficient (Wildman–Crippen LogP) is 1.46. The van der Waals surface area contributed by atoms with Gasteiger partial charge in [-0.2, -0.15) is 5.10 Å². The summed E-state index contributed by atoms with van der Waals surface area (Å²) in [5.41, 5.74) is 1.79. The van der Waals surface area contributed by atoms with Crippen molar-refractivity contribution < 1.29 is 14.6 Å². The van der Waals surface area contributed by atoms with E-state index in [1.807, 2.05) is 30.0 Å². The number of aromatic amines is 1. The Morgan fingerprint density at radius 2 is 2.31 bits per heavy atom. The molecule has 3 rings (SSSR count). The van der Waals surface area contributed by atoms with Gasteiger partial charge in [-0.05, 0) is 31.4 Å². The molecule has 1 aromatic carbocycles. The van der Waals surface area contributed by atoms with Crippen molar-refractivity contribution in [3.8, 4) is 5.75 Å². The molecule has 1 amide bonds. The van der Waals surface area contributed by atoms with Crippen molar-refractivity contribution in [2.75, 3.05) is 32.8 Å². The van der Waals surface area contributed by atoms with Gasteiger partial charge in [0, 0.05) is 38.3 Å². The topological polar surface area (TPSA) is 90.5 Å². The van der Waals surface area contributed by atoms with Crippen LogP contribution >= 0.6 is 0 Å². The summed E-state index contributed by atoms with van der Waals surface area (Å²) in [6.45, 7) is 7.04. The number of aryl methyl sites for hydroxylation is 1. The van der Waals surface area contributed by atoms with E-state index in [1.54, 1.807) is 0 Å². The number of carbonyl (C=O) groups excluding carboxylic acids is 1. The number of amides is 1. The van der Waals surface area contributed by atoms with E-state index >= 15 is 0 Å². The van der Waals surface area contributed by atoms with Crippen molar-refractivity contribution in [3.05, 3.63) is 23.9 Å². The van der Waals surface area contributed by atoms with Crippen LogP contribution < -0.4 is 10.1 Å². The van der Waals surface area contributed by atoms with Crippen LogP contribution in [-0.2, 0) is 4.79 Å². The summed E-state index contributed by atoms with van der Waals surface area (Å²) < 4.78 is 5.76. The molecule has 0 unspecified atom stereocenters. The Kier molecular flexibility index (Phi) is 6.11. The van der Waals surface area contributed by atoms with Gasteiger partial charge in [0.15, 0.2) is 0 Å². The molecular weight excluding hydrogens is 332 g/mol. The molecule has 2 heterocycles. The highest BCUT2D eigenvalue weighted by Crippen LogP contribution is 2.26. The molecule has 1 fully saturated rings. The van der Waals surface area contributed by atoms with Gasteiger partial charge in [0.05, 0.1) is 10.9 Å². The van der Waals surface area contributed by atoms with E-state index in [0.29, 0.717) is 31.2 Å². The van der Waals surface area contributed by atoms with Gasteiger partial charge in [0.25, 0.3) is 0 Å². The van der Waals surface area contributed by atoms with Gasteiger partial charge < -0.3 is 20.1 Å². The number of rotatable bonds is 9. The van der Waals surface area contributed by atoms with E-state index in [1.165, 1.54) is 0 Å². The number of aliphatic hydroxyl groups is 1. The predicted molar refractivity (Wildman–Crippen MR) is 100 cm³/mol. The maximum atomic E-state index is 12.0. The lowest BCUT2D eigenvalue weighted by Crippen LogP contribution is -2.50. The molecule has 1 aliphatic rings. The van der Waals surface area contributed by atoms with Crippen molar-refractivity contribution in [2.24, 2.45) is 5.92 Å². The third kappa shape index (κ3) is 4.34. The number of hydrogen-bond acceptors (Lipinski definition) is 5. The summed E-state index contributed by atoms with van der Waals surface area (Å²) in [5, 5.41) is 21.3. The van der Waals surface area contributed by atoms with Gasteiger partial charge in [-0.3, -0.25) is 9.89 Å². The fraction of sp³-hybridized carbons (Fsp3) is 0.579. The molecule has 2 aromatic rings. The van der Waals surface area contributed by atoms with E-state index in [-0.39, 0.29) is 12.5 Å². The molecule has 7 nitrogen and oxygen atoms in total. The van der Waals surface area contributed by atoms with Crippen molar-refractivity contribution >= 4 is 16.8 Å². The lowest BCUT2D eigenvalue weighted by Gasteiger charge is -2.39. The van der Waals surface area contributed by atoms with Gasteiger partial charge in [-0.15, -0.1) is 0 Å². The van der Waals surface area contributed by atoms with Crippen LogP contribution in [0.1, 0.15) is 25.5 Å². The first-order valence-corrected chi connectivity index (χ1v) is 9.31. The first kappa shape index (κ1) is 18.7. The van der Waals surface area contributed by atoms with Crippen molar-refractivity contribution in [1.82, 2.24) is 20.4 Å². The number of H-pyrrole nitrogens is 1. The molecule has 1 atom stereocenters. The van der Waals surface area contributed by atoms with Crippen molar-refractivity contribution in [1.29, 1.82) is 0 Å². The molecule has 0 radical (unpaired) electrons. The summed E-state index contributed by atoms with van der Waals surface area (Å²) in [6.07, 6.45) is 0.971. The maximum absolute atomic E-state index is 12.0. The first-order valence-electron chi connectivity index (χ1n) is 9.31. The van der Waals surface area contributed by atoms with E-state index in [2.05, 4.69) is 22.4 Å². The van der Waals surface area contributed by atoms with Gasteiger partial charge in [0.1, 0.15) is 18.5 Å². The van der Waals surface area contributed by atoms with Crippen LogP contribution in [0.25, 0.3) is 10.9 Å². The second-order valence-corrected chi connectivity index (χ2v) is 6.99. The Morgan fingerprint density at radius 1 is 1.50 bits per heavy atom. The largest absolute Gasteiger partial charge is 0.490 e. The standard InChI is InChI=1S/C19H28N4O3/c1-3-14-10-23(11-14)18(25)7-8-20-9-15(24)12-26-17-6-4-5-16-19(17)13(2)21-22-16/h4-6,14-15,20,24H,3,7-12H2,1-2H3,(H,21,22)/t15-/m0/s1. The first-order chi connectivity index (χ1) is 12.6. The Bertz CT molecular complexity index is 739. The monoisotopic (exact) mass is 360 g/mol. The number of aromatic nitrogens is 2. The molecule has 1 aromatic heterocycles. The second-order valence-electron chi connectivity index (χ2n) is 6.99. The zero-order chi connectivity index (χ0) is 18.5. The van der Waals surface area contributed by atoms with Gasteiger partial charge in [-0.1, -0.05) is 13.0 Å².